The third kappa shape index (κ3) is 3.35. The zero-order chi connectivity index (χ0) is 24.1. The lowest BCUT2D eigenvalue weighted by atomic mass is 9.66. The van der Waals surface area contributed by atoms with Crippen molar-refractivity contribution in [2.75, 3.05) is 25.2 Å². The summed E-state index contributed by atoms with van der Waals surface area (Å²) in [7, 11) is 1.56. The maximum Gasteiger partial charge on any atom is 0.308 e. The highest BCUT2D eigenvalue weighted by Crippen LogP contribution is 2.71. The fraction of sp³-hybridized carbons (Fsp3) is 0.542. The zero-order valence-corrected chi connectivity index (χ0v) is 19.9. The van der Waals surface area contributed by atoms with E-state index in [2.05, 4.69) is 6.58 Å². The molecule has 0 saturated carbocycles. The molecule has 3 heterocycles. The summed E-state index contributed by atoms with van der Waals surface area (Å²) >= 11 is 1.48. The lowest BCUT2D eigenvalue weighted by Crippen LogP contribution is -2.57. The molecule has 3 aliphatic rings. The lowest BCUT2D eigenvalue weighted by Gasteiger charge is -2.38. The molecular weight excluding hydrogens is 444 g/mol. The normalized spacial score (nSPS) is 33.0. The van der Waals surface area contributed by atoms with Crippen molar-refractivity contribution in [2.45, 2.75) is 48.3 Å². The van der Waals surface area contributed by atoms with Gasteiger partial charge in [0.25, 0.3) is 5.91 Å². The van der Waals surface area contributed by atoms with E-state index in [1.165, 1.54) is 16.7 Å². The van der Waals surface area contributed by atoms with Gasteiger partial charge in [-0.1, -0.05) is 6.08 Å². The van der Waals surface area contributed by atoms with Crippen LogP contribution in [-0.2, 0) is 14.4 Å². The van der Waals surface area contributed by atoms with Crippen LogP contribution in [0, 0.1) is 11.8 Å². The lowest BCUT2D eigenvalue weighted by molar-refractivity contribution is -0.150. The number of anilines is 1. The molecule has 1 spiro atoms. The summed E-state index contributed by atoms with van der Waals surface area (Å²) in [4.78, 5) is 43.1. The van der Waals surface area contributed by atoms with Crippen molar-refractivity contribution < 1.29 is 29.3 Å². The molecule has 4 rings (SSSR count). The van der Waals surface area contributed by atoms with Gasteiger partial charge in [-0.15, -0.1) is 18.3 Å². The third-order valence-corrected chi connectivity index (χ3v) is 9.40. The first kappa shape index (κ1) is 23.6. The average Bonchev–Trinajstić information content (AvgIpc) is 3.37. The van der Waals surface area contributed by atoms with Crippen LogP contribution in [0.15, 0.2) is 36.9 Å². The Morgan fingerprint density at radius 1 is 1.36 bits per heavy atom. The van der Waals surface area contributed by atoms with Gasteiger partial charge in [0.2, 0.25) is 5.91 Å². The molecule has 3 aliphatic heterocycles. The molecular formula is C24H30N2O6S. The van der Waals surface area contributed by atoms with Crippen LogP contribution < -0.4 is 9.64 Å². The van der Waals surface area contributed by atoms with Crippen molar-refractivity contribution in [3.8, 4) is 5.75 Å². The van der Waals surface area contributed by atoms with Crippen molar-refractivity contribution in [3.05, 3.63) is 36.9 Å². The Morgan fingerprint density at radius 3 is 2.58 bits per heavy atom. The molecule has 1 aromatic carbocycles. The highest BCUT2D eigenvalue weighted by molar-refractivity contribution is 8.02. The molecule has 3 fully saturated rings. The number of aliphatic hydroxyl groups is 1. The molecule has 178 valence electrons. The number of fused-ring (bicyclic) bond motifs is 1. The van der Waals surface area contributed by atoms with Crippen molar-refractivity contribution >= 4 is 35.2 Å². The Kier molecular flexibility index (Phi) is 5.99. The summed E-state index contributed by atoms with van der Waals surface area (Å²) in [5.74, 6) is -2.68. The van der Waals surface area contributed by atoms with Crippen LogP contribution in [0.2, 0.25) is 0 Å². The number of aliphatic hydroxyl groups excluding tert-OH is 1. The van der Waals surface area contributed by atoms with Gasteiger partial charge in [-0.25, -0.2) is 0 Å². The number of nitrogens with zero attached hydrogens (tertiary/aromatic N) is 2. The first-order chi connectivity index (χ1) is 15.6. The van der Waals surface area contributed by atoms with Gasteiger partial charge in [-0.3, -0.25) is 14.4 Å². The van der Waals surface area contributed by atoms with Crippen LogP contribution in [0.25, 0.3) is 0 Å². The fourth-order valence-corrected chi connectivity index (χ4v) is 8.27. The summed E-state index contributed by atoms with van der Waals surface area (Å²) in [6, 6.07) is 5.56. The molecule has 2 amide bonds. The maximum absolute atomic E-state index is 14.2. The number of rotatable bonds is 8. The molecule has 1 aromatic rings. The minimum Gasteiger partial charge on any atom is -0.497 e. The van der Waals surface area contributed by atoms with Crippen molar-refractivity contribution in [2.24, 2.45) is 11.8 Å². The summed E-state index contributed by atoms with van der Waals surface area (Å²) in [6.07, 6.45) is 2.81. The van der Waals surface area contributed by atoms with E-state index in [4.69, 9.17) is 4.74 Å². The zero-order valence-electron chi connectivity index (χ0n) is 19.1. The monoisotopic (exact) mass is 474 g/mol. The Bertz CT molecular complexity index is 984. The second-order valence-electron chi connectivity index (χ2n) is 9.28. The van der Waals surface area contributed by atoms with Crippen LogP contribution in [0.1, 0.15) is 26.7 Å². The molecule has 9 heteroatoms. The molecule has 6 atom stereocenters. The van der Waals surface area contributed by atoms with Gasteiger partial charge in [-0.05, 0) is 51.0 Å². The van der Waals surface area contributed by atoms with Gasteiger partial charge in [-0.2, -0.15) is 0 Å². The van der Waals surface area contributed by atoms with E-state index < -0.39 is 39.4 Å². The van der Waals surface area contributed by atoms with Gasteiger partial charge in [0.15, 0.2) is 0 Å². The molecule has 0 aliphatic carbocycles. The van der Waals surface area contributed by atoms with E-state index in [0.717, 1.165) is 0 Å². The molecule has 33 heavy (non-hydrogen) atoms. The van der Waals surface area contributed by atoms with Crippen molar-refractivity contribution in [1.29, 1.82) is 0 Å². The number of thioether (sulfide) groups is 1. The van der Waals surface area contributed by atoms with Crippen LogP contribution in [0.4, 0.5) is 5.69 Å². The van der Waals surface area contributed by atoms with Gasteiger partial charge < -0.3 is 24.7 Å². The van der Waals surface area contributed by atoms with E-state index in [0.29, 0.717) is 24.3 Å². The number of carboxylic acid groups (broad SMARTS) is 1. The van der Waals surface area contributed by atoms with E-state index in [1.807, 2.05) is 6.92 Å². The van der Waals surface area contributed by atoms with Crippen LogP contribution >= 0.6 is 11.8 Å². The third-order valence-electron chi connectivity index (χ3n) is 7.42. The Labute approximate surface area is 197 Å². The van der Waals surface area contributed by atoms with Gasteiger partial charge in [0, 0.05) is 17.0 Å². The fourth-order valence-electron chi connectivity index (χ4n) is 5.94. The van der Waals surface area contributed by atoms with E-state index in [1.54, 1.807) is 49.3 Å². The Morgan fingerprint density at radius 2 is 2.03 bits per heavy atom. The topological polar surface area (TPSA) is 107 Å². The van der Waals surface area contributed by atoms with E-state index in [9.17, 15) is 24.6 Å². The molecule has 2 bridgehead atoms. The molecule has 0 radical (unpaired) electrons. The molecule has 2 N–H and O–H groups in total. The second kappa shape index (κ2) is 8.36. The summed E-state index contributed by atoms with van der Waals surface area (Å²) in [5.41, 5.74) is 0.628. The largest absolute Gasteiger partial charge is 0.497 e. The molecule has 2 unspecified atom stereocenters. The maximum atomic E-state index is 14.2. The Hall–Kier alpha value is -2.52. The minimum atomic E-state index is -1.01. The highest BCUT2D eigenvalue weighted by Gasteiger charge is 2.77. The predicted molar refractivity (Wildman–Crippen MR) is 125 cm³/mol. The molecule has 8 nitrogen and oxygen atoms in total. The number of methoxy groups -OCH3 is 1. The Balaban J connectivity index is 1.81. The van der Waals surface area contributed by atoms with Crippen molar-refractivity contribution in [3.63, 3.8) is 0 Å². The molecule has 3 saturated heterocycles. The SMILES string of the molecule is C=CCN(C(=O)C1N([C@H](C)CO)C(=O)[C@@H]2[C@@H](C(=O)O)[C@@]3(C)CCC12S3)c1ccc(OC)cc1. The van der Waals surface area contributed by atoms with Crippen LogP contribution in [0.3, 0.4) is 0 Å². The number of hydrogen-bond acceptors (Lipinski definition) is 6. The number of amides is 2. The summed E-state index contributed by atoms with van der Waals surface area (Å²) < 4.78 is 3.77. The predicted octanol–water partition coefficient (Wildman–Crippen LogP) is 2.16. The minimum absolute atomic E-state index is 0.224. The number of benzene rings is 1. The van der Waals surface area contributed by atoms with Gasteiger partial charge >= 0.3 is 5.97 Å². The summed E-state index contributed by atoms with van der Waals surface area (Å²) in [6.45, 7) is 7.28. The number of carboxylic acids is 1. The first-order valence-corrected chi connectivity index (χ1v) is 11.9. The quantitative estimate of drug-likeness (QED) is 0.556. The number of likely N-dealkylation sites (tertiary alicyclic amines) is 1. The second-order valence-corrected chi connectivity index (χ2v) is 11.2. The van der Waals surface area contributed by atoms with Crippen LogP contribution in [-0.4, -0.2) is 74.7 Å². The van der Waals surface area contributed by atoms with Gasteiger partial charge in [0.1, 0.15) is 11.8 Å². The van der Waals surface area contributed by atoms with E-state index >= 15 is 0 Å². The van der Waals surface area contributed by atoms with Gasteiger partial charge in [0.05, 0.1) is 36.3 Å². The van der Waals surface area contributed by atoms with Crippen molar-refractivity contribution in [1.82, 2.24) is 4.90 Å². The smallest absolute Gasteiger partial charge is 0.308 e. The number of ether oxygens (including phenoxy) is 1. The molecule has 0 aromatic heterocycles. The standard InChI is InChI=1S/C24H30N2O6S/c1-5-12-25(15-6-8-16(32-4)9-7-15)21(29)19-24-11-10-23(3,33-24)18(22(30)31)17(24)20(28)26(19)14(2)13-27/h5-9,14,17-19,27H,1,10-13H2,2-4H3,(H,30,31)/t14-,17+,18+,19?,23-,24?/m1/s1. The average molecular weight is 475 g/mol. The number of hydrogen-bond donors (Lipinski definition) is 2. The number of carbonyl (C=O) groups is 3. The first-order valence-electron chi connectivity index (χ1n) is 11.1. The van der Waals surface area contributed by atoms with Crippen LogP contribution in [0.5, 0.6) is 5.75 Å². The van der Waals surface area contributed by atoms with E-state index in [-0.39, 0.29) is 25.0 Å². The number of aliphatic carboxylic acids is 1. The summed E-state index contributed by atoms with van der Waals surface area (Å²) in [5, 5.41) is 19.9. The number of carbonyl (C=O) groups excluding carboxylic acids is 2. The highest BCUT2D eigenvalue weighted by atomic mass is 32.2.